The SMILES string of the molecule is [F][Sb-]([F])([F])([F])[F]. The number of rotatable bonds is 0. The zero-order valence-corrected chi connectivity index (χ0v) is 4.89. The van der Waals surface area contributed by atoms with Crippen molar-refractivity contribution in [2.75, 3.05) is 0 Å². The molecule has 0 amide bonds. The molecule has 0 saturated carbocycles. The Bertz CT molecular complexity index is 37.1. The third-order valence-corrected chi connectivity index (χ3v) is 0. The zero-order chi connectivity index (χ0) is 5.45. The fraction of sp³-hybridized carbons (Fsp3) is 0. The van der Waals surface area contributed by atoms with Crippen LogP contribution in [0.3, 0.4) is 0 Å². The Hall–Kier alpha value is 0.468. The van der Waals surface area contributed by atoms with Crippen molar-refractivity contribution in [1.82, 2.24) is 0 Å². The Morgan fingerprint density at radius 3 is 0.667 bits per heavy atom. The second-order valence-electron chi connectivity index (χ2n) is 0.639. The van der Waals surface area contributed by atoms with Gasteiger partial charge in [0.1, 0.15) is 0 Å². The number of halogens is 5. The van der Waals surface area contributed by atoms with Crippen LogP contribution in [-0.4, -0.2) is 20.3 Å². The predicted octanol–water partition coefficient (Wildman–Crippen LogP) is 1.72. The van der Waals surface area contributed by atoms with Gasteiger partial charge in [-0.05, 0) is 0 Å². The summed E-state index contributed by atoms with van der Waals surface area (Å²) in [5, 5.41) is 0. The van der Waals surface area contributed by atoms with Crippen LogP contribution >= 0.6 is 0 Å². The molecular weight excluding hydrogens is 217 g/mol. The summed E-state index contributed by atoms with van der Waals surface area (Å²) >= 11 is -9.19. The molecule has 6 heteroatoms. The first-order valence-electron chi connectivity index (χ1n) is 0.845. The van der Waals surface area contributed by atoms with Crippen molar-refractivity contribution in [1.29, 1.82) is 0 Å². The van der Waals surface area contributed by atoms with Crippen molar-refractivity contribution in [2.24, 2.45) is 0 Å². The summed E-state index contributed by atoms with van der Waals surface area (Å²) < 4.78 is 49.6. The molecule has 0 fully saturated rings. The monoisotopic (exact) mass is 216 g/mol. The van der Waals surface area contributed by atoms with Gasteiger partial charge in [-0.3, -0.25) is 0 Å². The minimum atomic E-state index is -9.19. The van der Waals surface area contributed by atoms with Crippen molar-refractivity contribution < 1.29 is 14.1 Å². The van der Waals surface area contributed by atoms with Gasteiger partial charge >= 0.3 is 34.4 Å². The Kier molecular flexibility index (Phi) is 1.07. The van der Waals surface area contributed by atoms with E-state index >= 15 is 0 Å². The molecule has 0 N–H and O–H groups in total. The van der Waals surface area contributed by atoms with Crippen molar-refractivity contribution >= 4 is 20.3 Å². The van der Waals surface area contributed by atoms with E-state index in [-0.39, 0.29) is 0 Å². The summed E-state index contributed by atoms with van der Waals surface area (Å²) in [6.07, 6.45) is 0. The molecule has 6 heavy (non-hydrogen) atoms. The standard InChI is InChI=1S/5FH.Sb/h5*1H;/q;;;;;+4/p-5. The van der Waals surface area contributed by atoms with Gasteiger partial charge in [-0.15, -0.1) is 0 Å². The average molecular weight is 217 g/mol. The topological polar surface area (TPSA) is 0 Å². The van der Waals surface area contributed by atoms with Crippen LogP contribution < -0.4 is 0 Å². The fourth-order valence-corrected chi connectivity index (χ4v) is 0. The van der Waals surface area contributed by atoms with E-state index in [2.05, 4.69) is 0 Å². The molecule has 0 spiro atoms. The Labute approximate surface area is 35.0 Å². The van der Waals surface area contributed by atoms with Gasteiger partial charge in [0.15, 0.2) is 0 Å². The van der Waals surface area contributed by atoms with E-state index in [0.29, 0.717) is 0 Å². The van der Waals surface area contributed by atoms with Crippen LogP contribution in [0.25, 0.3) is 0 Å². The molecule has 0 heterocycles. The van der Waals surface area contributed by atoms with E-state index in [1.54, 1.807) is 0 Å². The molecule has 0 aromatic rings. The Morgan fingerprint density at radius 2 is 0.667 bits per heavy atom. The molecule has 0 rings (SSSR count). The van der Waals surface area contributed by atoms with Gasteiger partial charge in [0.05, 0.1) is 0 Å². The second kappa shape index (κ2) is 0.996. The normalized spacial score (nSPS) is 19.2. The van der Waals surface area contributed by atoms with Gasteiger partial charge in [0.2, 0.25) is 0 Å². The minimum absolute atomic E-state index is 9.19. The van der Waals surface area contributed by atoms with Crippen LogP contribution in [0, 0.1) is 0 Å². The molecule has 0 aromatic heterocycles. The quantitative estimate of drug-likeness (QED) is 0.427. The van der Waals surface area contributed by atoms with Crippen molar-refractivity contribution in [2.45, 2.75) is 0 Å². The van der Waals surface area contributed by atoms with E-state index in [9.17, 15) is 14.1 Å². The van der Waals surface area contributed by atoms with Gasteiger partial charge in [0.25, 0.3) is 0 Å². The van der Waals surface area contributed by atoms with E-state index in [0.717, 1.165) is 0 Å². The molecule has 0 nitrogen and oxygen atoms in total. The second-order valence-corrected chi connectivity index (χ2v) is 4.29. The molecule has 0 saturated heterocycles. The molecule has 0 bridgehead atoms. The molecule has 0 atom stereocenters. The molecular formula is F5Sb-. The molecule has 0 aromatic carbocycles. The van der Waals surface area contributed by atoms with E-state index in [4.69, 9.17) is 0 Å². The van der Waals surface area contributed by atoms with Gasteiger partial charge < -0.3 is 0 Å². The van der Waals surface area contributed by atoms with Crippen molar-refractivity contribution in [3.05, 3.63) is 0 Å². The summed E-state index contributed by atoms with van der Waals surface area (Å²) in [5.41, 5.74) is 0. The molecule has 0 unspecified atom stereocenters. The number of hydrogen-bond donors (Lipinski definition) is 0. The van der Waals surface area contributed by atoms with Crippen molar-refractivity contribution in [3.63, 3.8) is 0 Å². The van der Waals surface area contributed by atoms with Gasteiger partial charge in [-0.1, -0.05) is 0 Å². The number of hydrogen-bond acceptors (Lipinski definition) is 0. The van der Waals surface area contributed by atoms with Crippen LogP contribution in [0.4, 0.5) is 14.1 Å². The first-order chi connectivity index (χ1) is 2.24. The van der Waals surface area contributed by atoms with Crippen LogP contribution in [0.2, 0.25) is 0 Å². The van der Waals surface area contributed by atoms with E-state index in [1.807, 2.05) is 0 Å². The van der Waals surface area contributed by atoms with Crippen molar-refractivity contribution in [3.8, 4) is 0 Å². The molecule has 0 radical (unpaired) electrons. The van der Waals surface area contributed by atoms with Crippen LogP contribution in [-0.2, 0) is 0 Å². The van der Waals surface area contributed by atoms with Crippen LogP contribution in [0.15, 0.2) is 0 Å². The molecule has 0 aliphatic carbocycles. The summed E-state index contributed by atoms with van der Waals surface area (Å²) in [6.45, 7) is 0. The van der Waals surface area contributed by atoms with E-state index < -0.39 is 20.3 Å². The van der Waals surface area contributed by atoms with Crippen LogP contribution in [0.1, 0.15) is 0 Å². The average Bonchev–Trinajstić information content (AvgIpc) is 0.650. The summed E-state index contributed by atoms with van der Waals surface area (Å²) in [4.78, 5) is 0. The molecule has 41 valence electrons. The van der Waals surface area contributed by atoms with Gasteiger partial charge in [0, 0.05) is 0 Å². The third-order valence-electron chi connectivity index (χ3n) is 0. The van der Waals surface area contributed by atoms with Gasteiger partial charge in [-0.2, -0.15) is 0 Å². The first-order valence-corrected chi connectivity index (χ1v) is 5.67. The predicted molar refractivity (Wildman–Crippen MR) is 11.3 cm³/mol. The summed E-state index contributed by atoms with van der Waals surface area (Å²) in [7, 11) is 0. The fourth-order valence-electron chi connectivity index (χ4n) is 0. The summed E-state index contributed by atoms with van der Waals surface area (Å²) in [6, 6.07) is 0. The van der Waals surface area contributed by atoms with E-state index in [1.165, 1.54) is 0 Å². The third kappa shape index (κ3) is 245. The maximum atomic E-state index is 9.91. The summed E-state index contributed by atoms with van der Waals surface area (Å²) in [5.74, 6) is 0. The zero-order valence-electron chi connectivity index (χ0n) is 2.34. The van der Waals surface area contributed by atoms with Crippen LogP contribution in [0.5, 0.6) is 0 Å². The molecule has 0 aliphatic heterocycles. The first kappa shape index (κ1) is 6.47. The van der Waals surface area contributed by atoms with Gasteiger partial charge in [-0.25, -0.2) is 0 Å². The maximum absolute atomic E-state index is 9.91. The molecule has 0 aliphatic rings. The Morgan fingerprint density at radius 1 is 0.667 bits per heavy atom. The Balaban J connectivity index is 3.73.